The maximum atomic E-state index is 6.23. The van der Waals surface area contributed by atoms with Crippen molar-refractivity contribution in [3.63, 3.8) is 0 Å². The monoisotopic (exact) mass is 303 g/mol. The number of aromatic nitrogens is 6. The first-order valence-corrected chi connectivity index (χ1v) is 6.80. The van der Waals surface area contributed by atoms with Gasteiger partial charge in [-0.2, -0.15) is 5.10 Å². The number of rotatable bonds is 4. The standard InChI is InChI=1S/C13H14ClN7/c1-8-11(9(2)18-17-8)6-15-13-5-10(3-4-12(13)14)21-7-16-19-20-21/h3-5,7,15H,6H2,1-2H3,(H,17,18). The van der Waals surface area contributed by atoms with Crippen LogP contribution in [0.1, 0.15) is 17.0 Å². The van der Waals surface area contributed by atoms with Crippen LogP contribution >= 0.6 is 11.6 Å². The molecule has 0 saturated carbocycles. The van der Waals surface area contributed by atoms with E-state index in [1.807, 2.05) is 32.0 Å². The lowest BCUT2D eigenvalue weighted by molar-refractivity contribution is 0.789. The minimum atomic E-state index is 0.644. The lowest BCUT2D eigenvalue weighted by Gasteiger charge is -2.10. The van der Waals surface area contributed by atoms with Gasteiger partial charge >= 0.3 is 0 Å². The van der Waals surface area contributed by atoms with E-state index >= 15 is 0 Å². The molecule has 1 aromatic carbocycles. The fraction of sp³-hybridized carbons (Fsp3) is 0.231. The number of aryl methyl sites for hydroxylation is 2. The van der Waals surface area contributed by atoms with Gasteiger partial charge in [0.1, 0.15) is 6.33 Å². The minimum Gasteiger partial charge on any atom is -0.380 e. The summed E-state index contributed by atoms with van der Waals surface area (Å²) in [6.45, 7) is 4.61. The summed E-state index contributed by atoms with van der Waals surface area (Å²) in [6, 6.07) is 5.58. The Kier molecular flexibility index (Phi) is 3.57. The number of tetrazole rings is 1. The van der Waals surface area contributed by atoms with Crippen LogP contribution in [0.15, 0.2) is 24.5 Å². The highest BCUT2D eigenvalue weighted by atomic mass is 35.5. The molecule has 2 heterocycles. The molecule has 0 spiro atoms. The van der Waals surface area contributed by atoms with Crippen molar-refractivity contribution in [3.05, 3.63) is 46.5 Å². The van der Waals surface area contributed by atoms with Crippen molar-refractivity contribution in [2.24, 2.45) is 0 Å². The van der Waals surface area contributed by atoms with Crippen molar-refractivity contribution in [2.45, 2.75) is 20.4 Å². The van der Waals surface area contributed by atoms with Crippen LogP contribution in [-0.4, -0.2) is 30.4 Å². The zero-order valence-electron chi connectivity index (χ0n) is 11.6. The fourth-order valence-corrected chi connectivity index (χ4v) is 2.27. The zero-order chi connectivity index (χ0) is 14.8. The highest BCUT2D eigenvalue weighted by molar-refractivity contribution is 6.33. The van der Waals surface area contributed by atoms with Crippen LogP contribution in [0.2, 0.25) is 5.02 Å². The third-order valence-corrected chi connectivity index (χ3v) is 3.63. The topological polar surface area (TPSA) is 84.3 Å². The Balaban J connectivity index is 1.84. The molecule has 0 aliphatic heterocycles. The number of hydrogen-bond acceptors (Lipinski definition) is 5. The highest BCUT2D eigenvalue weighted by Crippen LogP contribution is 2.25. The van der Waals surface area contributed by atoms with Gasteiger partial charge in [-0.3, -0.25) is 5.10 Å². The van der Waals surface area contributed by atoms with E-state index in [-0.39, 0.29) is 0 Å². The first-order chi connectivity index (χ1) is 10.1. The quantitative estimate of drug-likeness (QED) is 0.772. The molecule has 0 bridgehead atoms. The summed E-state index contributed by atoms with van der Waals surface area (Å²) in [4.78, 5) is 0. The van der Waals surface area contributed by atoms with Crippen LogP contribution in [0, 0.1) is 13.8 Å². The third-order valence-electron chi connectivity index (χ3n) is 3.30. The van der Waals surface area contributed by atoms with Gasteiger partial charge < -0.3 is 5.32 Å². The molecule has 2 aromatic heterocycles. The predicted octanol–water partition coefficient (Wildman–Crippen LogP) is 2.27. The summed E-state index contributed by atoms with van der Waals surface area (Å²) in [7, 11) is 0. The summed E-state index contributed by atoms with van der Waals surface area (Å²) in [5.41, 5.74) is 4.83. The fourth-order valence-electron chi connectivity index (χ4n) is 2.09. The Morgan fingerprint density at radius 3 is 2.86 bits per heavy atom. The summed E-state index contributed by atoms with van der Waals surface area (Å²) in [5, 5.41) is 22.2. The molecule has 0 radical (unpaired) electrons. The smallest absolute Gasteiger partial charge is 0.143 e. The second kappa shape index (κ2) is 5.53. The number of anilines is 1. The van der Waals surface area contributed by atoms with Crippen LogP contribution in [0.25, 0.3) is 5.69 Å². The maximum absolute atomic E-state index is 6.23. The third kappa shape index (κ3) is 2.73. The molecule has 2 N–H and O–H groups in total. The largest absolute Gasteiger partial charge is 0.380 e. The summed E-state index contributed by atoms with van der Waals surface area (Å²) in [6.07, 6.45) is 1.54. The van der Waals surface area contributed by atoms with Gasteiger partial charge in [0.05, 0.1) is 22.1 Å². The summed E-state index contributed by atoms with van der Waals surface area (Å²) >= 11 is 6.23. The van der Waals surface area contributed by atoms with Crippen molar-refractivity contribution in [3.8, 4) is 5.69 Å². The lowest BCUT2D eigenvalue weighted by Crippen LogP contribution is -2.03. The van der Waals surface area contributed by atoms with E-state index in [2.05, 4.69) is 31.0 Å². The van der Waals surface area contributed by atoms with Crippen LogP contribution < -0.4 is 5.32 Å². The number of benzene rings is 1. The number of halogens is 1. The van der Waals surface area contributed by atoms with Gasteiger partial charge in [-0.15, -0.1) is 5.10 Å². The van der Waals surface area contributed by atoms with E-state index in [0.717, 1.165) is 28.3 Å². The molecule has 0 fully saturated rings. The molecule has 0 amide bonds. The molecule has 8 heteroatoms. The SMILES string of the molecule is Cc1n[nH]c(C)c1CNc1cc(-n2cnnn2)ccc1Cl. The van der Waals surface area contributed by atoms with Crippen molar-refractivity contribution < 1.29 is 0 Å². The van der Waals surface area contributed by atoms with E-state index in [4.69, 9.17) is 11.6 Å². The molecule has 0 saturated heterocycles. The number of aromatic amines is 1. The van der Waals surface area contributed by atoms with Gasteiger partial charge in [0.2, 0.25) is 0 Å². The van der Waals surface area contributed by atoms with E-state index in [0.29, 0.717) is 11.6 Å². The lowest BCUT2D eigenvalue weighted by atomic mass is 10.2. The molecule has 3 rings (SSSR count). The van der Waals surface area contributed by atoms with Crippen molar-refractivity contribution >= 4 is 17.3 Å². The second-order valence-electron chi connectivity index (χ2n) is 4.68. The Morgan fingerprint density at radius 2 is 2.19 bits per heavy atom. The Labute approximate surface area is 126 Å². The van der Waals surface area contributed by atoms with E-state index in [9.17, 15) is 0 Å². The van der Waals surface area contributed by atoms with Crippen molar-refractivity contribution in [1.29, 1.82) is 0 Å². The zero-order valence-corrected chi connectivity index (χ0v) is 12.4. The summed E-state index contributed by atoms with van der Waals surface area (Å²) < 4.78 is 1.58. The first kappa shape index (κ1) is 13.6. The Morgan fingerprint density at radius 1 is 1.33 bits per heavy atom. The molecule has 108 valence electrons. The maximum Gasteiger partial charge on any atom is 0.143 e. The van der Waals surface area contributed by atoms with Gasteiger partial charge in [-0.1, -0.05) is 11.6 Å². The second-order valence-corrected chi connectivity index (χ2v) is 5.09. The molecule has 21 heavy (non-hydrogen) atoms. The average molecular weight is 304 g/mol. The molecular formula is C13H14ClN7. The Bertz CT molecular complexity index is 728. The number of hydrogen-bond donors (Lipinski definition) is 2. The number of nitrogens with zero attached hydrogens (tertiary/aromatic N) is 5. The molecule has 0 atom stereocenters. The van der Waals surface area contributed by atoms with E-state index in [1.54, 1.807) is 4.68 Å². The van der Waals surface area contributed by atoms with Gasteiger partial charge in [0.15, 0.2) is 0 Å². The number of H-pyrrole nitrogens is 1. The van der Waals surface area contributed by atoms with Gasteiger partial charge in [-0.25, -0.2) is 4.68 Å². The molecule has 0 aliphatic rings. The van der Waals surface area contributed by atoms with Gasteiger partial charge in [0.25, 0.3) is 0 Å². The first-order valence-electron chi connectivity index (χ1n) is 6.42. The van der Waals surface area contributed by atoms with E-state index in [1.165, 1.54) is 6.33 Å². The minimum absolute atomic E-state index is 0.644. The van der Waals surface area contributed by atoms with Crippen LogP contribution in [0.5, 0.6) is 0 Å². The van der Waals surface area contributed by atoms with Crippen LogP contribution in [0.3, 0.4) is 0 Å². The van der Waals surface area contributed by atoms with E-state index < -0.39 is 0 Å². The van der Waals surface area contributed by atoms with Gasteiger partial charge in [0, 0.05) is 17.8 Å². The van der Waals surface area contributed by atoms with Crippen LogP contribution in [-0.2, 0) is 6.54 Å². The van der Waals surface area contributed by atoms with Crippen molar-refractivity contribution in [1.82, 2.24) is 30.4 Å². The molecule has 0 aliphatic carbocycles. The number of nitrogens with one attached hydrogen (secondary N) is 2. The highest BCUT2D eigenvalue weighted by Gasteiger charge is 2.08. The molecular weight excluding hydrogens is 290 g/mol. The normalized spacial score (nSPS) is 10.8. The predicted molar refractivity (Wildman–Crippen MR) is 79.6 cm³/mol. The van der Waals surface area contributed by atoms with Gasteiger partial charge in [-0.05, 0) is 42.5 Å². The van der Waals surface area contributed by atoms with Crippen LogP contribution in [0.4, 0.5) is 5.69 Å². The molecule has 7 nitrogen and oxygen atoms in total. The van der Waals surface area contributed by atoms with Crippen molar-refractivity contribution in [2.75, 3.05) is 5.32 Å². The Hall–Kier alpha value is -2.41. The average Bonchev–Trinajstić information content (AvgIpc) is 3.10. The molecule has 0 unspecified atom stereocenters. The summed E-state index contributed by atoms with van der Waals surface area (Å²) in [5.74, 6) is 0. The molecule has 3 aromatic rings.